The maximum Gasteiger partial charge on any atom is 0.143 e. The number of aromatic amines is 1. The number of methoxy groups -OCH3 is 1. The smallest absolute Gasteiger partial charge is 0.143 e. The van der Waals surface area contributed by atoms with Gasteiger partial charge >= 0.3 is 0 Å². The Morgan fingerprint density at radius 2 is 2.33 bits per heavy atom. The van der Waals surface area contributed by atoms with E-state index in [2.05, 4.69) is 16.5 Å². The van der Waals surface area contributed by atoms with Crippen LogP contribution in [0.25, 0.3) is 10.9 Å². The maximum absolute atomic E-state index is 6.33. The quantitative estimate of drug-likeness (QED) is 0.894. The van der Waals surface area contributed by atoms with E-state index in [-0.39, 0.29) is 0 Å². The summed E-state index contributed by atoms with van der Waals surface area (Å²) in [6, 6.07) is 3.81. The molecule has 1 saturated heterocycles. The Kier molecular flexibility index (Phi) is 3.18. The molecular weight excluding hydrogens is 248 g/mol. The Bertz CT molecular complexity index is 558. The summed E-state index contributed by atoms with van der Waals surface area (Å²) in [7, 11) is 1.68. The topological polar surface area (TPSA) is 37.0 Å². The van der Waals surface area contributed by atoms with Crippen LogP contribution in [0.1, 0.15) is 12.0 Å². The number of H-pyrrole nitrogens is 1. The molecule has 1 fully saturated rings. The lowest BCUT2D eigenvalue weighted by atomic mass is 9.98. The van der Waals surface area contributed by atoms with Gasteiger partial charge in [-0.3, -0.25) is 0 Å². The van der Waals surface area contributed by atoms with Gasteiger partial charge in [-0.15, -0.1) is 0 Å². The average Bonchev–Trinajstić information content (AvgIpc) is 3.01. The fourth-order valence-electron chi connectivity index (χ4n) is 2.78. The Labute approximate surface area is 111 Å². The van der Waals surface area contributed by atoms with Crippen molar-refractivity contribution in [2.75, 3.05) is 20.2 Å². The minimum Gasteiger partial charge on any atom is -0.495 e. The molecule has 0 bridgehead atoms. The maximum atomic E-state index is 6.33. The normalized spacial score (nSPS) is 19.6. The summed E-state index contributed by atoms with van der Waals surface area (Å²) < 4.78 is 5.36. The highest BCUT2D eigenvalue weighted by Crippen LogP contribution is 2.34. The summed E-state index contributed by atoms with van der Waals surface area (Å²) >= 11 is 6.33. The second-order valence-corrected chi connectivity index (χ2v) is 5.28. The zero-order chi connectivity index (χ0) is 12.5. The van der Waals surface area contributed by atoms with Gasteiger partial charge < -0.3 is 15.0 Å². The lowest BCUT2D eigenvalue weighted by Gasteiger charge is -2.08. The van der Waals surface area contributed by atoms with Crippen molar-refractivity contribution in [2.45, 2.75) is 12.8 Å². The highest BCUT2D eigenvalue weighted by molar-refractivity contribution is 6.36. The molecule has 2 aromatic rings. The van der Waals surface area contributed by atoms with Gasteiger partial charge in [-0.25, -0.2) is 0 Å². The van der Waals surface area contributed by atoms with Gasteiger partial charge in [0.25, 0.3) is 0 Å². The summed E-state index contributed by atoms with van der Waals surface area (Å²) in [5.74, 6) is 1.57. The van der Waals surface area contributed by atoms with Crippen molar-refractivity contribution in [3.05, 3.63) is 28.9 Å². The summed E-state index contributed by atoms with van der Waals surface area (Å²) in [5, 5.41) is 5.32. The van der Waals surface area contributed by atoms with Gasteiger partial charge in [-0.05, 0) is 49.5 Å². The van der Waals surface area contributed by atoms with Crippen molar-refractivity contribution < 1.29 is 4.74 Å². The third-order valence-corrected chi connectivity index (χ3v) is 4.03. The van der Waals surface area contributed by atoms with E-state index in [1.165, 1.54) is 12.0 Å². The molecule has 1 aromatic carbocycles. The van der Waals surface area contributed by atoms with Crippen LogP contribution >= 0.6 is 11.6 Å². The minimum atomic E-state index is 0.714. The first-order valence-corrected chi connectivity index (χ1v) is 6.70. The Morgan fingerprint density at radius 3 is 3.06 bits per heavy atom. The number of hydrogen-bond donors (Lipinski definition) is 2. The van der Waals surface area contributed by atoms with Crippen LogP contribution in [0.15, 0.2) is 18.3 Å². The van der Waals surface area contributed by atoms with Crippen molar-refractivity contribution in [1.29, 1.82) is 0 Å². The first-order valence-electron chi connectivity index (χ1n) is 6.32. The zero-order valence-electron chi connectivity index (χ0n) is 10.4. The average molecular weight is 265 g/mol. The van der Waals surface area contributed by atoms with Crippen LogP contribution in [0, 0.1) is 5.92 Å². The first kappa shape index (κ1) is 11.9. The SMILES string of the molecule is COc1ccc(Cl)c2c(CC3CCNC3)c[nH]c12. The lowest BCUT2D eigenvalue weighted by Crippen LogP contribution is -2.10. The fraction of sp³-hybridized carbons (Fsp3) is 0.429. The first-order chi connectivity index (χ1) is 8.79. The summed E-state index contributed by atoms with van der Waals surface area (Å²) in [5.41, 5.74) is 2.30. The predicted molar refractivity (Wildman–Crippen MR) is 74.5 cm³/mol. The van der Waals surface area contributed by atoms with Gasteiger partial charge in [0.15, 0.2) is 0 Å². The number of fused-ring (bicyclic) bond motifs is 1. The van der Waals surface area contributed by atoms with E-state index >= 15 is 0 Å². The number of aromatic nitrogens is 1. The molecule has 0 aliphatic carbocycles. The van der Waals surface area contributed by atoms with E-state index in [1.807, 2.05) is 12.1 Å². The highest BCUT2D eigenvalue weighted by Gasteiger charge is 2.18. The van der Waals surface area contributed by atoms with Crippen LogP contribution in [0.4, 0.5) is 0 Å². The molecular formula is C14H17ClN2O. The molecule has 4 heteroatoms. The van der Waals surface area contributed by atoms with Gasteiger partial charge in [0, 0.05) is 11.6 Å². The van der Waals surface area contributed by atoms with Crippen LogP contribution in [0.2, 0.25) is 5.02 Å². The molecule has 2 N–H and O–H groups in total. The second kappa shape index (κ2) is 4.82. The van der Waals surface area contributed by atoms with Crippen molar-refractivity contribution in [1.82, 2.24) is 10.3 Å². The minimum absolute atomic E-state index is 0.714. The van der Waals surface area contributed by atoms with E-state index < -0.39 is 0 Å². The molecule has 96 valence electrons. The van der Waals surface area contributed by atoms with E-state index in [9.17, 15) is 0 Å². The van der Waals surface area contributed by atoms with E-state index in [0.29, 0.717) is 5.92 Å². The summed E-state index contributed by atoms with van der Waals surface area (Å²) in [4.78, 5) is 3.29. The molecule has 0 amide bonds. The van der Waals surface area contributed by atoms with Crippen molar-refractivity contribution >= 4 is 22.5 Å². The Balaban J connectivity index is 2.01. The molecule has 2 heterocycles. The van der Waals surface area contributed by atoms with E-state index in [0.717, 1.165) is 41.2 Å². The third kappa shape index (κ3) is 1.98. The molecule has 0 saturated carbocycles. The monoisotopic (exact) mass is 264 g/mol. The second-order valence-electron chi connectivity index (χ2n) is 4.88. The number of ether oxygens (including phenoxy) is 1. The molecule has 0 radical (unpaired) electrons. The number of halogens is 1. The molecule has 1 unspecified atom stereocenters. The van der Waals surface area contributed by atoms with Crippen LogP contribution in [0.5, 0.6) is 5.75 Å². The van der Waals surface area contributed by atoms with Crippen LogP contribution < -0.4 is 10.1 Å². The van der Waals surface area contributed by atoms with Gasteiger partial charge in [0.05, 0.1) is 17.6 Å². The summed E-state index contributed by atoms with van der Waals surface area (Å²) in [6.07, 6.45) is 4.38. The highest BCUT2D eigenvalue weighted by atomic mass is 35.5. The van der Waals surface area contributed by atoms with Crippen molar-refractivity contribution in [3.63, 3.8) is 0 Å². The number of rotatable bonds is 3. The Morgan fingerprint density at radius 1 is 1.44 bits per heavy atom. The largest absolute Gasteiger partial charge is 0.495 e. The molecule has 18 heavy (non-hydrogen) atoms. The number of benzene rings is 1. The lowest BCUT2D eigenvalue weighted by molar-refractivity contribution is 0.419. The molecule has 1 aromatic heterocycles. The van der Waals surface area contributed by atoms with Crippen LogP contribution in [-0.2, 0) is 6.42 Å². The predicted octanol–water partition coefficient (Wildman–Crippen LogP) is 2.98. The van der Waals surface area contributed by atoms with E-state index in [1.54, 1.807) is 7.11 Å². The van der Waals surface area contributed by atoms with Crippen LogP contribution in [-0.4, -0.2) is 25.2 Å². The van der Waals surface area contributed by atoms with Gasteiger partial charge in [0.2, 0.25) is 0 Å². The van der Waals surface area contributed by atoms with Crippen molar-refractivity contribution in [2.24, 2.45) is 5.92 Å². The third-order valence-electron chi connectivity index (χ3n) is 3.72. The molecule has 1 aliphatic rings. The molecule has 1 atom stereocenters. The van der Waals surface area contributed by atoms with Gasteiger partial charge in [-0.1, -0.05) is 11.6 Å². The standard InChI is InChI=1S/C14H17ClN2O/c1-18-12-3-2-11(15)13-10(8-17-14(12)13)6-9-4-5-16-7-9/h2-3,8-9,16-17H,4-7H2,1H3. The number of hydrogen-bond acceptors (Lipinski definition) is 2. The molecule has 1 aliphatic heterocycles. The zero-order valence-corrected chi connectivity index (χ0v) is 11.2. The van der Waals surface area contributed by atoms with Crippen molar-refractivity contribution in [3.8, 4) is 5.75 Å². The number of nitrogens with one attached hydrogen (secondary N) is 2. The van der Waals surface area contributed by atoms with E-state index in [4.69, 9.17) is 16.3 Å². The van der Waals surface area contributed by atoms with Gasteiger partial charge in [0.1, 0.15) is 5.75 Å². The Hall–Kier alpha value is -1.19. The molecule has 3 nitrogen and oxygen atoms in total. The summed E-state index contributed by atoms with van der Waals surface area (Å²) in [6.45, 7) is 2.23. The molecule has 3 rings (SSSR count). The molecule has 0 spiro atoms. The van der Waals surface area contributed by atoms with Gasteiger partial charge in [-0.2, -0.15) is 0 Å². The van der Waals surface area contributed by atoms with Crippen LogP contribution in [0.3, 0.4) is 0 Å². The fourth-order valence-corrected chi connectivity index (χ4v) is 3.06.